The van der Waals surface area contributed by atoms with E-state index in [9.17, 15) is 4.79 Å². The van der Waals surface area contributed by atoms with Gasteiger partial charge in [-0.15, -0.1) is 0 Å². The number of hydrogen-bond acceptors (Lipinski definition) is 4. The number of carbonyl (C=O) groups excluding carboxylic acids is 1. The second-order valence-electron chi connectivity index (χ2n) is 5.46. The standard InChI is InChI=1S/C19H24N2O3/c1-15-6-3-4-7-16(15)14-24-18-9-5-8-17(12-18)21-19(22)13-20-10-11-23-2/h3-9,12,20H,10-11,13-14H2,1-2H3,(H,21,22). The maximum absolute atomic E-state index is 11.9. The van der Waals surface area contributed by atoms with Gasteiger partial charge in [0.25, 0.3) is 0 Å². The average molecular weight is 328 g/mol. The van der Waals surface area contributed by atoms with Crippen molar-refractivity contribution in [2.24, 2.45) is 0 Å². The van der Waals surface area contributed by atoms with Crippen molar-refractivity contribution in [3.05, 3.63) is 59.7 Å². The van der Waals surface area contributed by atoms with E-state index >= 15 is 0 Å². The molecule has 0 fully saturated rings. The van der Waals surface area contributed by atoms with E-state index in [0.717, 1.165) is 17.0 Å². The highest BCUT2D eigenvalue weighted by molar-refractivity contribution is 5.92. The Morgan fingerprint density at radius 1 is 1.12 bits per heavy atom. The lowest BCUT2D eigenvalue weighted by Gasteiger charge is -2.11. The Balaban J connectivity index is 1.85. The number of aryl methyl sites for hydroxylation is 1. The molecule has 0 aliphatic rings. The Hall–Kier alpha value is -2.37. The lowest BCUT2D eigenvalue weighted by Crippen LogP contribution is -2.30. The van der Waals surface area contributed by atoms with Crippen LogP contribution in [0.4, 0.5) is 5.69 Å². The fourth-order valence-electron chi connectivity index (χ4n) is 2.18. The summed E-state index contributed by atoms with van der Waals surface area (Å²) in [5.74, 6) is 0.630. The fraction of sp³-hybridized carbons (Fsp3) is 0.316. The molecule has 0 atom stereocenters. The van der Waals surface area contributed by atoms with Crippen LogP contribution in [-0.2, 0) is 16.1 Å². The third-order valence-electron chi connectivity index (χ3n) is 3.54. The minimum atomic E-state index is -0.0952. The Bertz CT molecular complexity index is 659. The van der Waals surface area contributed by atoms with Crippen molar-refractivity contribution in [3.63, 3.8) is 0 Å². The second-order valence-corrected chi connectivity index (χ2v) is 5.46. The van der Waals surface area contributed by atoms with Crippen LogP contribution in [0.3, 0.4) is 0 Å². The van der Waals surface area contributed by atoms with Gasteiger partial charge in [0.2, 0.25) is 5.91 Å². The molecule has 2 aromatic carbocycles. The minimum absolute atomic E-state index is 0.0952. The molecule has 2 rings (SSSR count). The summed E-state index contributed by atoms with van der Waals surface area (Å²) >= 11 is 0. The molecule has 0 aromatic heterocycles. The van der Waals surface area contributed by atoms with Gasteiger partial charge in [-0.2, -0.15) is 0 Å². The van der Waals surface area contributed by atoms with E-state index in [2.05, 4.69) is 23.6 Å². The number of rotatable bonds is 9. The summed E-state index contributed by atoms with van der Waals surface area (Å²) in [4.78, 5) is 11.9. The molecule has 0 saturated heterocycles. The summed E-state index contributed by atoms with van der Waals surface area (Å²) in [7, 11) is 1.63. The largest absolute Gasteiger partial charge is 0.489 e. The lowest BCUT2D eigenvalue weighted by molar-refractivity contribution is -0.115. The molecule has 0 saturated carbocycles. The quantitative estimate of drug-likeness (QED) is 0.695. The van der Waals surface area contributed by atoms with Crippen LogP contribution in [0.5, 0.6) is 5.75 Å². The van der Waals surface area contributed by atoms with Gasteiger partial charge in [-0.05, 0) is 30.2 Å². The molecular weight excluding hydrogens is 304 g/mol. The van der Waals surface area contributed by atoms with E-state index in [4.69, 9.17) is 9.47 Å². The van der Waals surface area contributed by atoms with Crippen molar-refractivity contribution in [2.75, 3.05) is 32.1 Å². The first-order chi connectivity index (χ1) is 11.7. The summed E-state index contributed by atoms with van der Waals surface area (Å²) in [6, 6.07) is 15.5. The van der Waals surface area contributed by atoms with Gasteiger partial charge >= 0.3 is 0 Å². The third kappa shape index (κ3) is 6.02. The van der Waals surface area contributed by atoms with Crippen molar-refractivity contribution in [3.8, 4) is 5.75 Å². The summed E-state index contributed by atoms with van der Waals surface area (Å²) < 4.78 is 10.7. The van der Waals surface area contributed by atoms with Crippen molar-refractivity contribution in [1.82, 2.24) is 5.32 Å². The zero-order valence-electron chi connectivity index (χ0n) is 14.2. The number of anilines is 1. The number of nitrogens with one attached hydrogen (secondary N) is 2. The molecule has 5 nitrogen and oxygen atoms in total. The van der Waals surface area contributed by atoms with E-state index in [1.165, 1.54) is 5.56 Å². The molecule has 2 aromatic rings. The van der Waals surface area contributed by atoms with E-state index in [1.54, 1.807) is 7.11 Å². The van der Waals surface area contributed by atoms with Gasteiger partial charge in [0.05, 0.1) is 13.2 Å². The number of methoxy groups -OCH3 is 1. The molecule has 0 radical (unpaired) electrons. The van der Waals surface area contributed by atoms with Crippen LogP contribution < -0.4 is 15.4 Å². The Kier molecular flexibility index (Phi) is 7.26. The molecule has 0 heterocycles. The van der Waals surface area contributed by atoms with Gasteiger partial charge < -0.3 is 20.1 Å². The zero-order valence-corrected chi connectivity index (χ0v) is 14.2. The van der Waals surface area contributed by atoms with Gasteiger partial charge in [-0.3, -0.25) is 4.79 Å². The predicted octanol–water partition coefficient (Wildman–Crippen LogP) is 2.75. The number of ether oxygens (including phenoxy) is 2. The lowest BCUT2D eigenvalue weighted by atomic mass is 10.1. The number of amides is 1. The summed E-state index contributed by atoms with van der Waals surface area (Å²) in [6.07, 6.45) is 0. The van der Waals surface area contributed by atoms with Crippen LogP contribution in [0.15, 0.2) is 48.5 Å². The smallest absolute Gasteiger partial charge is 0.238 e. The molecular formula is C19H24N2O3. The first-order valence-electron chi connectivity index (χ1n) is 7.96. The van der Waals surface area contributed by atoms with Gasteiger partial charge in [-0.1, -0.05) is 30.3 Å². The van der Waals surface area contributed by atoms with Crippen LogP contribution in [0, 0.1) is 6.92 Å². The van der Waals surface area contributed by atoms with E-state index in [1.807, 2.05) is 42.5 Å². The van der Waals surface area contributed by atoms with E-state index in [-0.39, 0.29) is 12.5 Å². The number of hydrogen-bond donors (Lipinski definition) is 2. The molecule has 2 N–H and O–H groups in total. The highest BCUT2D eigenvalue weighted by atomic mass is 16.5. The maximum Gasteiger partial charge on any atom is 0.238 e. The molecule has 0 unspecified atom stereocenters. The van der Waals surface area contributed by atoms with Crippen molar-refractivity contribution in [2.45, 2.75) is 13.5 Å². The SMILES string of the molecule is COCCNCC(=O)Nc1cccc(OCc2ccccc2C)c1. The van der Waals surface area contributed by atoms with Crippen LogP contribution in [0.2, 0.25) is 0 Å². The summed E-state index contributed by atoms with van der Waals surface area (Å²) in [5.41, 5.74) is 3.06. The Morgan fingerprint density at radius 3 is 2.75 bits per heavy atom. The van der Waals surface area contributed by atoms with E-state index in [0.29, 0.717) is 19.8 Å². The molecule has 0 aliphatic carbocycles. The van der Waals surface area contributed by atoms with Gasteiger partial charge in [0.1, 0.15) is 12.4 Å². The van der Waals surface area contributed by atoms with Crippen LogP contribution in [0.25, 0.3) is 0 Å². The topological polar surface area (TPSA) is 59.6 Å². The molecule has 0 bridgehead atoms. The number of carbonyl (C=O) groups is 1. The monoisotopic (exact) mass is 328 g/mol. The first kappa shape index (κ1) is 18.0. The van der Waals surface area contributed by atoms with Crippen LogP contribution >= 0.6 is 0 Å². The molecule has 5 heteroatoms. The van der Waals surface area contributed by atoms with Crippen molar-refractivity contribution >= 4 is 11.6 Å². The molecule has 0 aliphatic heterocycles. The van der Waals surface area contributed by atoms with Crippen LogP contribution in [0.1, 0.15) is 11.1 Å². The highest BCUT2D eigenvalue weighted by Gasteiger charge is 2.04. The van der Waals surface area contributed by atoms with Crippen molar-refractivity contribution < 1.29 is 14.3 Å². The van der Waals surface area contributed by atoms with Crippen LogP contribution in [-0.4, -0.2) is 32.7 Å². The molecule has 1 amide bonds. The summed E-state index contributed by atoms with van der Waals surface area (Å²) in [5, 5.41) is 5.85. The van der Waals surface area contributed by atoms with E-state index < -0.39 is 0 Å². The minimum Gasteiger partial charge on any atom is -0.489 e. The Labute approximate surface area is 143 Å². The highest BCUT2D eigenvalue weighted by Crippen LogP contribution is 2.19. The molecule has 0 spiro atoms. The zero-order chi connectivity index (χ0) is 17.2. The Morgan fingerprint density at radius 2 is 1.96 bits per heavy atom. The second kappa shape index (κ2) is 9.70. The van der Waals surface area contributed by atoms with Gasteiger partial charge in [-0.25, -0.2) is 0 Å². The predicted molar refractivity (Wildman–Crippen MR) is 95.3 cm³/mol. The maximum atomic E-state index is 11.9. The fourth-order valence-corrected chi connectivity index (χ4v) is 2.18. The molecule has 128 valence electrons. The summed E-state index contributed by atoms with van der Waals surface area (Å²) in [6.45, 7) is 4.03. The average Bonchev–Trinajstić information content (AvgIpc) is 2.58. The third-order valence-corrected chi connectivity index (χ3v) is 3.54. The first-order valence-corrected chi connectivity index (χ1v) is 7.96. The molecule has 24 heavy (non-hydrogen) atoms. The van der Waals surface area contributed by atoms with Gasteiger partial charge in [0, 0.05) is 25.4 Å². The van der Waals surface area contributed by atoms with Gasteiger partial charge in [0.15, 0.2) is 0 Å². The number of benzene rings is 2. The normalized spacial score (nSPS) is 10.4. The van der Waals surface area contributed by atoms with Crippen molar-refractivity contribution in [1.29, 1.82) is 0 Å².